The number of fused-ring (bicyclic) bond motifs is 3. The number of furan rings is 2. The predicted molar refractivity (Wildman–Crippen MR) is 75.4 cm³/mol. The molecule has 0 saturated carbocycles. The molecule has 8 heteroatoms. The van der Waals surface area contributed by atoms with Crippen LogP contribution in [-0.2, 0) is 15.1 Å². The molecule has 1 unspecified atom stereocenters. The van der Waals surface area contributed by atoms with Crippen molar-refractivity contribution in [2.24, 2.45) is 0 Å². The standard InChI is InChI=1S/C12H12I2N3O3/c1-10(2,7-5-6-3-4-8(7)19-6)20-9(18)11(13-15-11)12-14(16-12)17-12/h3-5,15-17H,1-2H3/q-1. The molecule has 0 amide bonds. The second-order valence-corrected chi connectivity index (χ2v) is 12.7. The molecule has 2 bridgehead atoms. The Morgan fingerprint density at radius 2 is 2.15 bits per heavy atom. The number of alkyl halides is 2. The van der Waals surface area contributed by atoms with Gasteiger partial charge < -0.3 is 0 Å². The Bertz CT molecular complexity index is 733. The van der Waals surface area contributed by atoms with E-state index in [2.05, 4.69) is 10.6 Å². The van der Waals surface area contributed by atoms with Gasteiger partial charge in [0.25, 0.3) is 0 Å². The van der Waals surface area contributed by atoms with Crippen LogP contribution in [0.4, 0.5) is 0 Å². The first-order valence-electron chi connectivity index (χ1n) is 6.20. The number of nitrogens with one attached hydrogen (secondary N) is 3. The summed E-state index contributed by atoms with van der Waals surface area (Å²) in [7, 11) is 0. The van der Waals surface area contributed by atoms with E-state index in [0.717, 1.165) is 16.7 Å². The molecule has 108 valence electrons. The van der Waals surface area contributed by atoms with Crippen LogP contribution < -0.4 is 32.1 Å². The van der Waals surface area contributed by atoms with Crippen LogP contribution in [0.5, 0.6) is 0 Å². The van der Waals surface area contributed by atoms with Gasteiger partial charge in [-0.05, 0) is 0 Å². The van der Waals surface area contributed by atoms with Crippen LogP contribution in [0.3, 0.4) is 0 Å². The topological polar surface area (TPSA) is 105 Å². The molecule has 5 heterocycles. The molecule has 0 aromatic carbocycles. The van der Waals surface area contributed by atoms with Crippen LogP contribution in [0.2, 0.25) is 0 Å². The monoisotopic (exact) mass is 500 g/mol. The molecule has 0 spiro atoms. The zero-order valence-corrected chi connectivity index (χ0v) is 15.0. The number of esters is 1. The number of carbonyl (C=O) groups is 1. The summed E-state index contributed by atoms with van der Waals surface area (Å²) in [4.78, 5) is 12.6. The molecule has 20 heavy (non-hydrogen) atoms. The summed E-state index contributed by atoms with van der Waals surface area (Å²) in [5.41, 5.74) is 1.90. The van der Waals surface area contributed by atoms with Crippen LogP contribution >= 0.6 is 20.4 Å². The van der Waals surface area contributed by atoms with Gasteiger partial charge in [0.2, 0.25) is 0 Å². The van der Waals surface area contributed by atoms with Crippen LogP contribution in [0.15, 0.2) is 22.6 Å². The van der Waals surface area contributed by atoms with E-state index in [1.54, 1.807) is 0 Å². The Hall–Kier alpha value is -0.170. The summed E-state index contributed by atoms with van der Waals surface area (Å²) in [5.74, 6) is -0.120. The second kappa shape index (κ2) is 3.42. The second-order valence-electron chi connectivity index (χ2n) is 5.64. The Kier molecular flexibility index (Phi) is 2.12. The van der Waals surface area contributed by atoms with Gasteiger partial charge in [-0.1, -0.05) is 0 Å². The molecule has 3 N–H and O–H groups in total. The first-order chi connectivity index (χ1) is 9.47. The zero-order valence-electron chi connectivity index (χ0n) is 10.7. The van der Waals surface area contributed by atoms with E-state index in [1.165, 1.54) is 0 Å². The van der Waals surface area contributed by atoms with Gasteiger partial charge in [-0.2, -0.15) is 0 Å². The molecule has 1 atom stereocenters. The maximum absolute atomic E-state index is 12.6. The Morgan fingerprint density at radius 3 is 2.60 bits per heavy atom. The van der Waals surface area contributed by atoms with Gasteiger partial charge in [-0.25, -0.2) is 0 Å². The van der Waals surface area contributed by atoms with E-state index in [9.17, 15) is 4.79 Å². The summed E-state index contributed by atoms with van der Waals surface area (Å²) in [6.07, 6.45) is 0. The normalized spacial score (nSPS) is 31.6. The van der Waals surface area contributed by atoms with Crippen molar-refractivity contribution >= 4 is 37.5 Å². The summed E-state index contributed by atoms with van der Waals surface area (Å²) in [6, 6.07) is 5.79. The molecule has 3 aliphatic heterocycles. The van der Waals surface area contributed by atoms with Crippen LogP contribution in [0.1, 0.15) is 19.4 Å². The van der Waals surface area contributed by atoms with Crippen LogP contribution in [-0.4, -0.2) is 13.2 Å². The van der Waals surface area contributed by atoms with Crippen molar-refractivity contribution in [3.05, 3.63) is 23.8 Å². The third-order valence-electron chi connectivity index (χ3n) is 3.88. The van der Waals surface area contributed by atoms with Gasteiger partial charge in [-0.15, -0.1) is 0 Å². The summed E-state index contributed by atoms with van der Waals surface area (Å²) >= 11 is -1.44. The average molecular weight is 500 g/mol. The number of ether oxygens (including phenoxy) is 1. The first kappa shape index (κ1) is 12.4. The molecule has 2 aromatic heterocycles. The van der Waals surface area contributed by atoms with Crippen molar-refractivity contribution in [2.75, 3.05) is 0 Å². The molecular formula is C12H12I2N3O3-. The number of carbonyl (C=O) groups excluding carboxylic acids is 1. The van der Waals surface area contributed by atoms with Gasteiger partial charge in [0, 0.05) is 0 Å². The minimum atomic E-state index is -1.14. The van der Waals surface area contributed by atoms with E-state index < -0.39 is 29.5 Å². The quantitative estimate of drug-likeness (QED) is 0.114. The zero-order chi connectivity index (χ0) is 13.8. The van der Waals surface area contributed by atoms with E-state index in [-0.39, 0.29) is 31.1 Å². The van der Waals surface area contributed by atoms with Gasteiger partial charge in [0.05, 0.1) is 0 Å². The van der Waals surface area contributed by atoms with Gasteiger partial charge >= 0.3 is 134 Å². The molecule has 3 saturated heterocycles. The maximum atomic E-state index is 12.6. The van der Waals surface area contributed by atoms with Crippen molar-refractivity contribution in [2.45, 2.75) is 26.7 Å². The van der Waals surface area contributed by atoms with E-state index >= 15 is 0 Å². The Balaban J connectivity index is 1.43. The van der Waals surface area contributed by atoms with Gasteiger partial charge in [0.15, 0.2) is 0 Å². The summed E-state index contributed by atoms with van der Waals surface area (Å²) in [6.45, 7) is 3.84. The molecule has 6 nitrogen and oxygen atoms in total. The predicted octanol–water partition coefficient (Wildman–Crippen LogP) is -1.85. The van der Waals surface area contributed by atoms with E-state index in [0.29, 0.717) is 0 Å². The fourth-order valence-electron chi connectivity index (χ4n) is 2.50. The molecule has 3 aliphatic rings. The van der Waals surface area contributed by atoms with Crippen LogP contribution in [0.25, 0.3) is 11.2 Å². The van der Waals surface area contributed by atoms with Crippen molar-refractivity contribution < 1.29 is 35.4 Å². The SMILES string of the molecule is CC(C)(OC(=O)C1(C23NI2N3)N[I-]1)c1cc2ccc1o2. The van der Waals surface area contributed by atoms with Gasteiger partial charge in [0.1, 0.15) is 0 Å². The number of rotatable bonds is 4. The number of hydrogen-bond acceptors (Lipinski definition) is 6. The average Bonchev–Trinajstić information content (AvgIpc) is 3.26. The molecule has 5 rings (SSSR count). The fraction of sp³-hybridized carbons (Fsp3) is 0.417. The van der Waals surface area contributed by atoms with Gasteiger partial charge in [-0.3, -0.25) is 0 Å². The number of halogens is 2. The van der Waals surface area contributed by atoms with Crippen molar-refractivity contribution in [3.63, 3.8) is 0 Å². The molecule has 0 radical (unpaired) electrons. The van der Waals surface area contributed by atoms with Crippen molar-refractivity contribution in [1.82, 2.24) is 10.6 Å². The third kappa shape index (κ3) is 1.41. The van der Waals surface area contributed by atoms with E-state index in [4.69, 9.17) is 9.15 Å². The van der Waals surface area contributed by atoms with Crippen molar-refractivity contribution in [1.29, 1.82) is 0 Å². The molecule has 0 aliphatic carbocycles. The fourth-order valence-corrected chi connectivity index (χ4v) is 12.5. The molecular weight excluding hydrogens is 488 g/mol. The first-order valence-corrected chi connectivity index (χ1v) is 11.6. The Morgan fingerprint density at radius 1 is 1.45 bits per heavy atom. The third-order valence-corrected chi connectivity index (χ3v) is 12.4. The van der Waals surface area contributed by atoms with E-state index in [1.807, 2.05) is 32.0 Å². The number of benzene rings is 1. The van der Waals surface area contributed by atoms with Crippen LogP contribution in [0, 0.1) is 0 Å². The van der Waals surface area contributed by atoms with Crippen molar-refractivity contribution in [3.8, 4) is 0 Å². The molecule has 2 aromatic rings. The number of hydrogen-bond donors (Lipinski definition) is 3. The summed E-state index contributed by atoms with van der Waals surface area (Å²) in [5, 5.41) is 0. The Labute approximate surface area is 133 Å². The molecule has 3 fully saturated rings. The minimum absolute atomic E-state index is 0.0429. The summed E-state index contributed by atoms with van der Waals surface area (Å²) < 4.78 is 21.1.